The molecule has 0 bridgehead atoms. The van der Waals surface area contributed by atoms with Crippen LogP contribution in [0.4, 0.5) is 11.4 Å². The fourth-order valence-electron chi connectivity index (χ4n) is 3.41. The zero-order valence-corrected chi connectivity index (χ0v) is 18.4. The number of rotatable bonds is 8. The van der Waals surface area contributed by atoms with Gasteiger partial charge in [-0.3, -0.25) is 9.59 Å². The molecule has 0 atom stereocenters. The highest BCUT2D eigenvalue weighted by Gasteiger charge is 2.38. The number of benzene rings is 3. The zero-order chi connectivity index (χ0) is 22.5. The second-order valence-electron chi connectivity index (χ2n) is 7.47. The van der Waals surface area contributed by atoms with Gasteiger partial charge in [0.05, 0.1) is 5.69 Å². The quantitative estimate of drug-likeness (QED) is 0.415. The number of ether oxygens (including phenoxy) is 1. The van der Waals surface area contributed by atoms with E-state index in [-0.39, 0.29) is 10.7 Å². The maximum atomic E-state index is 13.0. The van der Waals surface area contributed by atoms with Gasteiger partial charge in [-0.1, -0.05) is 55.3 Å². The monoisotopic (exact) mass is 446 g/mol. The Labute approximate surface area is 192 Å². The molecule has 1 N–H and O–H groups in total. The van der Waals surface area contributed by atoms with E-state index < -0.39 is 11.8 Å². The highest BCUT2D eigenvalue weighted by Crippen LogP contribution is 2.31. The average Bonchev–Trinajstić information content (AvgIpc) is 3.03. The second-order valence-corrected chi connectivity index (χ2v) is 7.85. The fraction of sp³-hybridized carbons (Fsp3) is 0.154. The molecule has 32 heavy (non-hydrogen) atoms. The van der Waals surface area contributed by atoms with E-state index in [0.29, 0.717) is 17.1 Å². The smallest absolute Gasteiger partial charge is 0.283 e. The van der Waals surface area contributed by atoms with Crippen molar-refractivity contribution in [2.45, 2.75) is 26.2 Å². The molecular formula is C26H23ClN2O3. The van der Waals surface area contributed by atoms with Crippen molar-refractivity contribution in [3.8, 4) is 11.5 Å². The third kappa shape index (κ3) is 4.68. The molecule has 0 unspecified atom stereocenters. The third-order valence-electron chi connectivity index (χ3n) is 5.14. The number of carbonyl (C=O) groups excluding carboxylic acids is 2. The van der Waals surface area contributed by atoms with Crippen LogP contribution in [0, 0.1) is 0 Å². The van der Waals surface area contributed by atoms with Crippen LogP contribution in [0.2, 0.25) is 0 Å². The number of hydrogen-bond donors (Lipinski definition) is 1. The maximum absolute atomic E-state index is 13.0. The lowest BCUT2D eigenvalue weighted by Gasteiger charge is -2.15. The Morgan fingerprint density at radius 3 is 2.16 bits per heavy atom. The number of para-hydroxylation sites is 1. The van der Waals surface area contributed by atoms with E-state index in [4.69, 9.17) is 16.3 Å². The summed E-state index contributed by atoms with van der Waals surface area (Å²) in [6, 6.07) is 24.0. The molecule has 0 aliphatic carbocycles. The number of nitrogens with one attached hydrogen (secondary N) is 1. The Balaban J connectivity index is 1.46. The number of hydrogen-bond acceptors (Lipinski definition) is 4. The number of imide groups is 1. The van der Waals surface area contributed by atoms with Crippen LogP contribution in [-0.4, -0.2) is 11.8 Å². The van der Waals surface area contributed by atoms with Crippen LogP contribution < -0.4 is 15.0 Å². The first-order valence-electron chi connectivity index (χ1n) is 10.5. The van der Waals surface area contributed by atoms with Crippen LogP contribution in [0.3, 0.4) is 0 Å². The lowest BCUT2D eigenvalue weighted by Crippen LogP contribution is -2.32. The predicted octanol–water partition coefficient (Wildman–Crippen LogP) is 6.26. The Morgan fingerprint density at radius 1 is 0.844 bits per heavy atom. The van der Waals surface area contributed by atoms with Crippen LogP contribution >= 0.6 is 11.6 Å². The summed E-state index contributed by atoms with van der Waals surface area (Å²) in [7, 11) is 0. The van der Waals surface area contributed by atoms with E-state index in [1.165, 1.54) is 5.56 Å². The standard InChI is InChI=1S/C26H23ClN2O3/c1-2-3-7-18-10-14-20(15-11-18)29-25(30)23(27)24(26(29)31)28-19-12-16-22(17-13-19)32-21-8-5-4-6-9-21/h4-6,8-17,28H,2-3,7H2,1H3. The van der Waals surface area contributed by atoms with Crippen molar-refractivity contribution in [2.24, 2.45) is 0 Å². The van der Waals surface area contributed by atoms with E-state index in [1.54, 1.807) is 36.4 Å². The predicted molar refractivity (Wildman–Crippen MR) is 127 cm³/mol. The van der Waals surface area contributed by atoms with Gasteiger partial charge in [-0.25, -0.2) is 4.90 Å². The summed E-state index contributed by atoms with van der Waals surface area (Å²) < 4.78 is 5.78. The molecule has 0 saturated carbocycles. The SMILES string of the molecule is CCCCc1ccc(N2C(=O)C(Cl)=C(Nc3ccc(Oc4ccccc4)cc3)C2=O)cc1. The largest absolute Gasteiger partial charge is 0.457 e. The molecule has 5 nitrogen and oxygen atoms in total. The number of unbranched alkanes of at least 4 members (excludes halogenated alkanes) is 1. The molecule has 0 spiro atoms. The Kier molecular flexibility index (Phi) is 6.57. The van der Waals surface area contributed by atoms with Crippen molar-refractivity contribution in [3.63, 3.8) is 0 Å². The molecule has 6 heteroatoms. The first kappa shape index (κ1) is 21.7. The molecule has 1 aliphatic rings. The van der Waals surface area contributed by atoms with Gasteiger partial charge < -0.3 is 10.1 Å². The summed E-state index contributed by atoms with van der Waals surface area (Å²) in [6.07, 6.45) is 3.17. The van der Waals surface area contributed by atoms with Crippen LogP contribution in [0.1, 0.15) is 25.3 Å². The molecule has 1 heterocycles. The molecule has 1 aliphatic heterocycles. The summed E-state index contributed by atoms with van der Waals surface area (Å²) in [5, 5.41) is 2.85. The summed E-state index contributed by atoms with van der Waals surface area (Å²) in [5.74, 6) is 0.364. The van der Waals surface area contributed by atoms with E-state index in [0.717, 1.165) is 29.9 Å². The Morgan fingerprint density at radius 2 is 1.50 bits per heavy atom. The minimum absolute atomic E-state index is 0.0588. The second kappa shape index (κ2) is 9.71. The maximum Gasteiger partial charge on any atom is 0.283 e. The van der Waals surface area contributed by atoms with Crippen molar-refractivity contribution in [1.29, 1.82) is 0 Å². The lowest BCUT2D eigenvalue weighted by atomic mass is 10.1. The van der Waals surface area contributed by atoms with Gasteiger partial charge in [-0.2, -0.15) is 0 Å². The molecule has 0 saturated heterocycles. The molecule has 3 aromatic carbocycles. The number of nitrogens with zero attached hydrogens (tertiary/aromatic N) is 1. The number of halogens is 1. The van der Waals surface area contributed by atoms with E-state index in [1.807, 2.05) is 42.5 Å². The molecule has 0 radical (unpaired) electrons. The summed E-state index contributed by atoms with van der Waals surface area (Å²) in [5.41, 5.74) is 2.35. The van der Waals surface area contributed by atoms with Crippen LogP contribution in [0.15, 0.2) is 89.6 Å². The van der Waals surface area contributed by atoms with Crippen molar-refractivity contribution in [3.05, 3.63) is 95.2 Å². The number of carbonyl (C=O) groups is 2. The van der Waals surface area contributed by atoms with Gasteiger partial charge in [0.15, 0.2) is 0 Å². The first-order valence-corrected chi connectivity index (χ1v) is 10.9. The van der Waals surface area contributed by atoms with Gasteiger partial charge in [-0.15, -0.1) is 0 Å². The van der Waals surface area contributed by atoms with Gasteiger partial charge in [0, 0.05) is 5.69 Å². The average molecular weight is 447 g/mol. The minimum Gasteiger partial charge on any atom is -0.457 e. The van der Waals surface area contributed by atoms with Crippen molar-refractivity contribution in [1.82, 2.24) is 0 Å². The number of amides is 2. The van der Waals surface area contributed by atoms with Gasteiger partial charge >= 0.3 is 0 Å². The Bertz CT molecular complexity index is 1140. The third-order valence-corrected chi connectivity index (χ3v) is 5.49. The molecule has 4 rings (SSSR count). The van der Waals surface area contributed by atoms with Crippen LogP contribution in [0.5, 0.6) is 11.5 Å². The highest BCUT2D eigenvalue weighted by molar-refractivity contribution is 6.53. The summed E-state index contributed by atoms with van der Waals surface area (Å²) >= 11 is 6.24. The number of aryl methyl sites for hydroxylation is 1. The van der Waals surface area contributed by atoms with Crippen molar-refractivity contribution < 1.29 is 14.3 Å². The van der Waals surface area contributed by atoms with E-state index in [9.17, 15) is 9.59 Å². The van der Waals surface area contributed by atoms with Gasteiger partial charge in [0.1, 0.15) is 22.2 Å². The lowest BCUT2D eigenvalue weighted by molar-refractivity contribution is -0.120. The Hall–Kier alpha value is -3.57. The van der Waals surface area contributed by atoms with E-state index in [2.05, 4.69) is 12.2 Å². The van der Waals surface area contributed by atoms with Crippen LogP contribution in [-0.2, 0) is 16.0 Å². The van der Waals surface area contributed by atoms with E-state index >= 15 is 0 Å². The molecular weight excluding hydrogens is 424 g/mol. The van der Waals surface area contributed by atoms with Gasteiger partial charge in [0.2, 0.25) is 0 Å². The minimum atomic E-state index is -0.537. The molecule has 3 aromatic rings. The van der Waals surface area contributed by atoms with Gasteiger partial charge in [-0.05, 0) is 66.9 Å². The topological polar surface area (TPSA) is 58.6 Å². The fourth-order valence-corrected chi connectivity index (χ4v) is 3.63. The number of anilines is 2. The molecule has 0 fully saturated rings. The first-order chi connectivity index (χ1) is 15.6. The molecule has 162 valence electrons. The van der Waals surface area contributed by atoms with Crippen molar-refractivity contribution >= 4 is 34.8 Å². The van der Waals surface area contributed by atoms with Gasteiger partial charge in [0.25, 0.3) is 11.8 Å². The molecule has 0 aromatic heterocycles. The summed E-state index contributed by atoms with van der Waals surface area (Å²) in [4.78, 5) is 26.8. The van der Waals surface area contributed by atoms with Crippen LogP contribution in [0.25, 0.3) is 0 Å². The summed E-state index contributed by atoms with van der Waals surface area (Å²) in [6.45, 7) is 2.14. The highest BCUT2D eigenvalue weighted by atomic mass is 35.5. The zero-order valence-electron chi connectivity index (χ0n) is 17.7. The molecule has 2 amide bonds. The van der Waals surface area contributed by atoms with Crippen molar-refractivity contribution in [2.75, 3.05) is 10.2 Å². The normalized spacial score (nSPS) is 13.6.